The van der Waals surface area contributed by atoms with E-state index < -0.39 is 5.92 Å². The fourth-order valence-electron chi connectivity index (χ4n) is 4.11. The molecule has 1 aliphatic carbocycles. The Morgan fingerprint density at radius 2 is 1.88 bits per heavy atom. The summed E-state index contributed by atoms with van der Waals surface area (Å²) in [6.45, 7) is 1.93. The molecule has 162 valence electrons. The van der Waals surface area contributed by atoms with Crippen LogP contribution in [-0.2, 0) is 4.79 Å². The Kier molecular flexibility index (Phi) is 5.96. The van der Waals surface area contributed by atoms with Gasteiger partial charge in [-0.3, -0.25) is 15.0 Å². The van der Waals surface area contributed by atoms with Gasteiger partial charge in [0.1, 0.15) is 5.82 Å². The molecule has 0 aromatic heterocycles. The number of aryl methyl sites for hydroxylation is 1. The molecule has 3 N–H and O–H groups in total. The van der Waals surface area contributed by atoms with Gasteiger partial charge in [-0.25, -0.2) is 5.01 Å². The van der Waals surface area contributed by atoms with E-state index in [0.717, 1.165) is 5.56 Å². The molecule has 2 aromatic carbocycles. The summed E-state index contributed by atoms with van der Waals surface area (Å²) in [6, 6.07) is 14.2. The molecule has 32 heavy (non-hydrogen) atoms. The van der Waals surface area contributed by atoms with E-state index in [0.29, 0.717) is 51.7 Å². The first-order valence-corrected chi connectivity index (χ1v) is 10.9. The lowest BCUT2D eigenvalue weighted by atomic mass is 9.76. The van der Waals surface area contributed by atoms with Gasteiger partial charge in [0.15, 0.2) is 5.78 Å². The zero-order valence-corrected chi connectivity index (χ0v) is 18.8. The van der Waals surface area contributed by atoms with Crippen LogP contribution in [0.2, 0.25) is 10.0 Å². The van der Waals surface area contributed by atoms with Crippen LogP contribution in [0, 0.1) is 18.3 Å². The van der Waals surface area contributed by atoms with Crippen LogP contribution in [0.25, 0.3) is 0 Å². The number of nitrogens with one attached hydrogen (secondary N) is 1. The number of nitrogens with two attached hydrogens (primary N) is 1. The van der Waals surface area contributed by atoms with Crippen LogP contribution in [0.4, 0.5) is 0 Å². The molecule has 4 rings (SSSR count). The Hall–Kier alpha value is -3.27. The van der Waals surface area contributed by atoms with Crippen LogP contribution in [0.5, 0.6) is 0 Å². The molecule has 0 saturated carbocycles. The van der Waals surface area contributed by atoms with Crippen LogP contribution >= 0.6 is 23.2 Å². The number of carbonyl (C=O) groups is 2. The van der Waals surface area contributed by atoms with E-state index in [9.17, 15) is 14.9 Å². The van der Waals surface area contributed by atoms with E-state index in [1.165, 1.54) is 5.01 Å². The van der Waals surface area contributed by atoms with E-state index >= 15 is 0 Å². The van der Waals surface area contributed by atoms with Gasteiger partial charge in [-0.15, -0.1) is 0 Å². The third kappa shape index (κ3) is 3.86. The number of hydrazine groups is 1. The van der Waals surface area contributed by atoms with Gasteiger partial charge in [-0.05, 0) is 49.6 Å². The zero-order valence-electron chi connectivity index (χ0n) is 17.3. The minimum Gasteiger partial charge on any atom is -0.383 e. The van der Waals surface area contributed by atoms with Crippen molar-refractivity contribution in [2.75, 3.05) is 0 Å². The number of rotatable bonds is 3. The summed E-state index contributed by atoms with van der Waals surface area (Å²) in [5.41, 5.74) is 12.5. The average molecular weight is 467 g/mol. The van der Waals surface area contributed by atoms with Crippen molar-refractivity contribution >= 4 is 34.9 Å². The second-order valence-corrected chi connectivity index (χ2v) is 8.61. The molecule has 0 radical (unpaired) electrons. The first kappa shape index (κ1) is 21.9. The Bertz CT molecular complexity index is 1230. The first-order valence-electron chi connectivity index (χ1n) is 10.1. The van der Waals surface area contributed by atoms with Crippen LogP contribution in [0.15, 0.2) is 65.1 Å². The van der Waals surface area contributed by atoms with Crippen LogP contribution < -0.4 is 11.2 Å². The third-order valence-corrected chi connectivity index (χ3v) is 6.46. The van der Waals surface area contributed by atoms with Crippen molar-refractivity contribution in [3.8, 4) is 6.07 Å². The van der Waals surface area contributed by atoms with E-state index in [1.807, 2.05) is 19.1 Å². The normalized spacial score (nSPS) is 18.4. The number of halogens is 2. The highest BCUT2D eigenvalue weighted by Crippen LogP contribution is 2.45. The Morgan fingerprint density at radius 1 is 1.16 bits per heavy atom. The highest BCUT2D eigenvalue weighted by Gasteiger charge is 2.40. The predicted molar refractivity (Wildman–Crippen MR) is 122 cm³/mol. The molecule has 8 heteroatoms. The predicted octanol–water partition coefficient (Wildman–Crippen LogP) is 4.75. The molecule has 0 fully saturated rings. The van der Waals surface area contributed by atoms with Gasteiger partial charge < -0.3 is 5.73 Å². The van der Waals surface area contributed by atoms with Crippen molar-refractivity contribution in [2.24, 2.45) is 5.73 Å². The Balaban J connectivity index is 1.81. The first-order chi connectivity index (χ1) is 15.3. The smallest absolute Gasteiger partial charge is 0.270 e. The lowest BCUT2D eigenvalue weighted by molar-refractivity contribution is -0.116. The molecule has 2 aromatic rings. The second kappa shape index (κ2) is 8.70. The minimum absolute atomic E-state index is 0.0810. The maximum atomic E-state index is 13.0. The molecule has 0 saturated heterocycles. The molecule has 6 nitrogen and oxygen atoms in total. The van der Waals surface area contributed by atoms with Crippen LogP contribution in [0.1, 0.15) is 46.7 Å². The number of allylic oxidation sites excluding steroid dienone is 3. The summed E-state index contributed by atoms with van der Waals surface area (Å²) in [7, 11) is 0. The maximum absolute atomic E-state index is 13.0. The molecule has 2 aliphatic rings. The van der Waals surface area contributed by atoms with Gasteiger partial charge in [0.25, 0.3) is 5.91 Å². The second-order valence-electron chi connectivity index (χ2n) is 7.80. The number of hydrogen-bond acceptors (Lipinski definition) is 5. The van der Waals surface area contributed by atoms with Crippen LogP contribution in [0.3, 0.4) is 0 Å². The quantitative estimate of drug-likeness (QED) is 0.679. The highest BCUT2D eigenvalue weighted by molar-refractivity contribution is 6.42. The molecule has 0 spiro atoms. The largest absolute Gasteiger partial charge is 0.383 e. The summed E-state index contributed by atoms with van der Waals surface area (Å²) in [5, 5.41) is 12.1. The number of Topliss-reactive ketones (excluding diaryl/α,β-unsaturated/α-hetero) is 1. The van der Waals surface area contributed by atoms with Gasteiger partial charge in [0, 0.05) is 23.3 Å². The number of ketones is 1. The molecule has 1 aliphatic heterocycles. The molecule has 1 amide bonds. The van der Waals surface area contributed by atoms with E-state index in [2.05, 4.69) is 11.5 Å². The minimum atomic E-state index is -0.676. The molecular formula is C24H20Cl2N4O2. The standard InChI is InChI=1S/C24H20Cl2N4O2/c1-13-5-7-14(8-6-13)24(32)29-30-19-3-2-4-20(31)22(19)21(16(12-27)23(30)28)15-9-10-17(25)18(26)11-15/h5-11,21H,2-4,28H2,1H3,(H,29,32). The molecule has 1 heterocycles. The van der Waals surface area contributed by atoms with Gasteiger partial charge in [-0.1, -0.05) is 47.0 Å². The van der Waals surface area contributed by atoms with E-state index in [4.69, 9.17) is 28.9 Å². The Morgan fingerprint density at radius 3 is 2.53 bits per heavy atom. The highest BCUT2D eigenvalue weighted by atomic mass is 35.5. The van der Waals surface area contributed by atoms with Crippen molar-refractivity contribution < 1.29 is 9.59 Å². The van der Waals surface area contributed by atoms with Crippen LogP contribution in [-0.4, -0.2) is 16.7 Å². The van der Waals surface area contributed by atoms with Crippen molar-refractivity contribution in [3.05, 3.63) is 91.9 Å². The van der Waals surface area contributed by atoms with Crippen molar-refractivity contribution in [2.45, 2.75) is 32.1 Å². The number of hydrogen-bond donors (Lipinski definition) is 2. The van der Waals surface area contributed by atoms with Gasteiger partial charge in [0.2, 0.25) is 0 Å². The fraction of sp³-hybridized carbons (Fsp3) is 0.208. The topological polar surface area (TPSA) is 99.2 Å². The molecular weight excluding hydrogens is 447 g/mol. The number of nitriles is 1. The number of nitrogens with zero attached hydrogens (tertiary/aromatic N) is 2. The summed E-state index contributed by atoms with van der Waals surface area (Å²) in [6.07, 6.45) is 1.51. The molecule has 1 atom stereocenters. The van der Waals surface area contributed by atoms with Crippen molar-refractivity contribution in [3.63, 3.8) is 0 Å². The van der Waals surface area contributed by atoms with Crippen molar-refractivity contribution in [1.82, 2.24) is 10.4 Å². The molecule has 1 unspecified atom stereocenters. The summed E-state index contributed by atoms with van der Waals surface area (Å²) in [5.74, 6) is -1.07. The third-order valence-electron chi connectivity index (χ3n) is 5.72. The lowest BCUT2D eigenvalue weighted by Gasteiger charge is -2.39. The van der Waals surface area contributed by atoms with Gasteiger partial charge in [0.05, 0.1) is 27.6 Å². The summed E-state index contributed by atoms with van der Waals surface area (Å²) in [4.78, 5) is 25.9. The lowest BCUT2D eigenvalue weighted by Crippen LogP contribution is -2.48. The zero-order chi connectivity index (χ0) is 23.0. The maximum Gasteiger partial charge on any atom is 0.270 e. The average Bonchev–Trinajstić information content (AvgIpc) is 2.77. The Labute approximate surface area is 195 Å². The van der Waals surface area contributed by atoms with E-state index in [1.54, 1.807) is 30.3 Å². The fourth-order valence-corrected chi connectivity index (χ4v) is 4.42. The van der Waals surface area contributed by atoms with E-state index in [-0.39, 0.29) is 23.1 Å². The monoisotopic (exact) mass is 466 g/mol. The SMILES string of the molecule is Cc1ccc(C(=O)NN2C(N)=C(C#N)C(c3ccc(Cl)c(Cl)c3)C3=C2CCCC3=O)cc1. The van der Waals surface area contributed by atoms with Gasteiger partial charge >= 0.3 is 0 Å². The number of carbonyl (C=O) groups excluding carboxylic acids is 2. The summed E-state index contributed by atoms with van der Waals surface area (Å²) < 4.78 is 0. The summed E-state index contributed by atoms with van der Waals surface area (Å²) >= 11 is 12.3. The van der Waals surface area contributed by atoms with Crippen molar-refractivity contribution in [1.29, 1.82) is 5.26 Å². The van der Waals surface area contributed by atoms with Gasteiger partial charge in [-0.2, -0.15) is 5.26 Å². The molecule has 0 bridgehead atoms. The number of benzene rings is 2. The number of amides is 1.